The van der Waals surface area contributed by atoms with E-state index in [0.717, 1.165) is 18.4 Å². The summed E-state index contributed by atoms with van der Waals surface area (Å²) in [5, 5.41) is 12.8. The molecule has 0 atom stereocenters. The summed E-state index contributed by atoms with van der Waals surface area (Å²) in [6.45, 7) is 0. The Kier molecular flexibility index (Phi) is 5.88. The molecule has 1 saturated carbocycles. The summed E-state index contributed by atoms with van der Waals surface area (Å²) in [6, 6.07) is 12.8. The molecule has 1 amide bonds. The molecule has 1 heterocycles. The van der Waals surface area contributed by atoms with Gasteiger partial charge in [0.05, 0.1) is 6.07 Å². The summed E-state index contributed by atoms with van der Waals surface area (Å²) in [6.07, 6.45) is 5.12. The van der Waals surface area contributed by atoms with Gasteiger partial charge in [-0.15, -0.1) is 0 Å². The molecule has 3 rings (SSSR count). The van der Waals surface area contributed by atoms with Gasteiger partial charge in [-0.05, 0) is 55.0 Å². The van der Waals surface area contributed by atoms with Crippen LogP contribution in [0.25, 0.3) is 0 Å². The molecule has 0 unspecified atom stereocenters. The van der Waals surface area contributed by atoms with Crippen molar-refractivity contribution >= 4 is 23.3 Å². The number of nitrogens with zero attached hydrogens (tertiary/aromatic N) is 2. The van der Waals surface area contributed by atoms with Crippen LogP contribution in [-0.4, -0.2) is 22.2 Å². The fraction of sp³-hybridized carbons (Fsp3) is 0.333. The highest BCUT2D eigenvalue weighted by Gasteiger charge is 2.35. The largest absolute Gasteiger partial charge is 0.332 e. The predicted molar refractivity (Wildman–Crippen MR) is 102 cm³/mol. The number of Topliss-reactive ketones (excluding diaryl/α,β-unsaturated/α-hetero) is 1. The molecular weight excluding hydrogens is 362 g/mol. The molecule has 138 valence electrons. The summed E-state index contributed by atoms with van der Waals surface area (Å²) in [5.74, 6) is -0.371. The van der Waals surface area contributed by atoms with Crippen molar-refractivity contribution < 1.29 is 9.59 Å². The lowest BCUT2D eigenvalue weighted by molar-refractivity contribution is -0.117. The zero-order chi connectivity index (χ0) is 19.3. The second kappa shape index (κ2) is 8.32. The van der Waals surface area contributed by atoms with E-state index in [4.69, 9.17) is 11.6 Å². The third-order valence-electron chi connectivity index (χ3n) is 4.83. The van der Waals surface area contributed by atoms with Crippen LogP contribution in [0.2, 0.25) is 5.02 Å². The van der Waals surface area contributed by atoms with Crippen LogP contribution >= 0.6 is 11.6 Å². The Hall–Kier alpha value is -2.71. The fourth-order valence-electron chi connectivity index (χ4n) is 3.38. The standard InChI is InChI=1S/C21H20ClN3O2/c22-18-6-2-1-5-16(18)13-17(26)11-15-7-10-24-19(12-15)20(27)25-21(14-23)8-3-4-9-21/h1-2,5-7,10,12H,3-4,8-9,11,13H2,(H,25,27). The van der Waals surface area contributed by atoms with Crippen LogP contribution in [0, 0.1) is 11.3 Å². The summed E-state index contributed by atoms with van der Waals surface area (Å²) < 4.78 is 0. The Labute approximate surface area is 163 Å². The van der Waals surface area contributed by atoms with E-state index in [2.05, 4.69) is 16.4 Å². The van der Waals surface area contributed by atoms with Gasteiger partial charge in [-0.1, -0.05) is 29.8 Å². The maximum absolute atomic E-state index is 12.5. The van der Waals surface area contributed by atoms with Gasteiger partial charge < -0.3 is 5.32 Å². The number of amides is 1. The van der Waals surface area contributed by atoms with Crippen molar-refractivity contribution in [2.24, 2.45) is 0 Å². The number of ketones is 1. The molecule has 1 aliphatic carbocycles. The molecule has 1 aromatic carbocycles. The Balaban J connectivity index is 1.66. The molecule has 1 aliphatic rings. The number of nitrogens with one attached hydrogen (secondary N) is 1. The van der Waals surface area contributed by atoms with E-state index in [0.29, 0.717) is 23.4 Å². The highest BCUT2D eigenvalue weighted by molar-refractivity contribution is 6.31. The minimum Gasteiger partial charge on any atom is -0.332 e. The van der Waals surface area contributed by atoms with E-state index in [1.54, 1.807) is 18.2 Å². The van der Waals surface area contributed by atoms with Crippen molar-refractivity contribution in [2.75, 3.05) is 0 Å². The molecule has 6 heteroatoms. The van der Waals surface area contributed by atoms with E-state index in [1.807, 2.05) is 18.2 Å². The SMILES string of the molecule is N#CC1(NC(=O)c2cc(CC(=O)Cc3ccccc3Cl)ccn2)CCCC1. The smallest absolute Gasteiger partial charge is 0.271 e. The second-order valence-electron chi connectivity index (χ2n) is 6.89. The zero-order valence-electron chi connectivity index (χ0n) is 14.9. The van der Waals surface area contributed by atoms with E-state index < -0.39 is 5.54 Å². The van der Waals surface area contributed by atoms with E-state index >= 15 is 0 Å². The lowest BCUT2D eigenvalue weighted by Gasteiger charge is -2.21. The Bertz CT molecular complexity index is 898. The average Bonchev–Trinajstić information content (AvgIpc) is 3.13. The van der Waals surface area contributed by atoms with Crippen LogP contribution in [0.15, 0.2) is 42.6 Å². The summed E-state index contributed by atoms with van der Waals surface area (Å²) in [7, 11) is 0. The lowest BCUT2D eigenvalue weighted by atomic mass is 9.99. The van der Waals surface area contributed by atoms with Crippen LogP contribution in [-0.2, 0) is 17.6 Å². The predicted octanol–water partition coefficient (Wildman–Crippen LogP) is 3.66. The van der Waals surface area contributed by atoms with Crippen molar-refractivity contribution in [3.05, 3.63) is 64.4 Å². The van der Waals surface area contributed by atoms with Crippen LogP contribution < -0.4 is 5.32 Å². The van der Waals surface area contributed by atoms with Crippen LogP contribution in [0.4, 0.5) is 0 Å². The molecule has 0 saturated heterocycles. The Morgan fingerprint density at radius 2 is 1.93 bits per heavy atom. The number of carbonyl (C=O) groups excluding carboxylic acids is 2. The first-order valence-electron chi connectivity index (χ1n) is 8.95. The van der Waals surface area contributed by atoms with Crippen LogP contribution in [0.3, 0.4) is 0 Å². The molecule has 2 aromatic rings. The first kappa shape index (κ1) is 19.1. The van der Waals surface area contributed by atoms with Gasteiger partial charge in [0.1, 0.15) is 17.0 Å². The van der Waals surface area contributed by atoms with Crippen molar-refractivity contribution in [3.63, 3.8) is 0 Å². The van der Waals surface area contributed by atoms with Crippen molar-refractivity contribution in [2.45, 2.75) is 44.1 Å². The van der Waals surface area contributed by atoms with Gasteiger partial charge in [0.15, 0.2) is 0 Å². The number of nitriles is 1. The molecule has 27 heavy (non-hydrogen) atoms. The number of carbonyl (C=O) groups is 2. The minimum atomic E-state index is -0.797. The summed E-state index contributed by atoms with van der Waals surface area (Å²) in [4.78, 5) is 29.0. The van der Waals surface area contributed by atoms with Gasteiger partial charge in [0, 0.05) is 24.1 Å². The zero-order valence-corrected chi connectivity index (χ0v) is 15.6. The minimum absolute atomic E-state index is 0.00458. The maximum Gasteiger partial charge on any atom is 0.271 e. The van der Waals surface area contributed by atoms with Gasteiger partial charge in [0.2, 0.25) is 0 Å². The van der Waals surface area contributed by atoms with Crippen molar-refractivity contribution in [3.8, 4) is 6.07 Å². The molecule has 1 fully saturated rings. The molecule has 0 aliphatic heterocycles. The lowest BCUT2D eigenvalue weighted by Crippen LogP contribution is -2.45. The number of hydrogen-bond donors (Lipinski definition) is 1. The molecule has 0 radical (unpaired) electrons. The number of benzene rings is 1. The quantitative estimate of drug-likeness (QED) is 0.827. The average molecular weight is 382 g/mol. The van der Waals surface area contributed by atoms with Crippen molar-refractivity contribution in [1.82, 2.24) is 10.3 Å². The first-order chi connectivity index (χ1) is 13.0. The third kappa shape index (κ3) is 4.72. The highest BCUT2D eigenvalue weighted by atomic mass is 35.5. The van der Waals surface area contributed by atoms with E-state index in [9.17, 15) is 14.9 Å². The number of pyridine rings is 1. The molecule has 0 spiro atoms. The number of rotatable bonds is 6. The Morgan fingerprint density at radius 1 is 1.19 bits per heavy atom. The van der Waals surface area contributed by atoms with E-state index in [1.165, 1.54) is 6.20 Å². The van der Waals surface area contributed by atoms with Gasteiger partial charge >= 0.3 is 0 Å². The number of aromatic nitrogens is 1. The highest BCUT2D eigenvalue weighted by Crippen LogP contribution is 2.29. The molecule has 1 aromatic heterocycles. The maximum atomic E-state index is 12.5. The Morgan fingerprint density at radius 3 is 2.63 bits per heavy atom. The summed E-state index contributed by atoms with van der Waals surface area (Å²) >= 11 is 6.10. The van der Waals surface area contributed by atoms with Crippen molar-refractivity contribution in [1.29, 1.82) is 5.26 Å². The molecule has 1 N–H and O–H groups in total. The second-order valence-corrected chi connectivity index (χ2v) is 7.30. The molecule has 5 nitrogen and oxygen atoms in total. The van der Waals surface area contributed by atoms with E-state index in [-0.39, 0.29) is 30.2 Å². The normalized spacial score (nSPS) is 15.1. The monoisotopic (exact) mass is 381 g/mol. The number of halogens is 1. The molecular formula is C21H20ClN3O2. The summed E-state index contributed by atoms with van der Waals surface area (Å²) in [5.41, 5.74) is 0.923. The van der Waals surface area contributed by atoms with Crippen LogP contribution in [0.1, 0.15) is 47.3 Å². The van der Waals surface area contributed by atoms with Gasteiger partial charge in [-0.3, -0.25) is 14.6 Å². The topological polar surface area (TPSA) is 82.9 Å². The third-order valence-corrected chi connectivity index (χ3v) is 5.20. The first-order valence-corrected chi connectivity index (χ1v) is 9.33. The molecule has 0 bridgehead atoms. The number of hydrogen-bond acceptors (Lipinski definition) is 4. The van der Waals surface area contributed by atoms with Gasteiger partial charge in [0.25, 0.3) is 5.91 Å². The van der Waals surface area contributed by atoms with Gasteiger partial charge in [-0.2, -0.15) is 5.26 Å². The van der Waals surface area contributed by atoms with Gasteiger partial charge in [-0.25, -0.2) is 0 Å². The fourth-order valence-corrected chi connectivity index (χ4v) is 3.58. The van der Waals surface area contributed by atoms with Crippen LogP contribution in [0.5, 0.6) is 0 Å².